The van der Waals surface area contributed by atoms with Crippen molar-refractivity contribution in [2.24, 2.45) is 0 Å². The molecule has 2 aliphatic rings. The Bertz CT molecular complexity index is 1140. The Morgan fingerprint density at radius 1 is 1.30 bits per heavy atom. The van der Waals surface area contributed by atoms with Crippen molar-refractivity contribution in [1.29, 1.82) is 0 Å². The number of hydrogen-bond acceptors (Lipinski definition) is 3. The van der Waals surface area contributed by atoms with E-state index < -0.39 is 27.9 Å². The van der Waals surface area contributed by atoms with Gasteiger partial charge >= 0.3 is 5.97 Å². The smallest absolute Gasteiger partial charge is 0.323 e. The SMILES string of the molecule is Cc1c(C2=CS(=O)(=O)c3ccccc32)c2c(n1CC(=O)O)C=CC(F)C2C. The van der Waals surface area contributed by atoms with Crippen molar-refractivity contribution in [3.05, 3.63) is 63.8 Å². The molecule has 5 nitrogen and oxygen atoms in total. The first-order chi connectivity index (χ1) is 12.7. The van der Waals surface area contributed by atoms with Crippen molar-refractivity contribution < 1.29 is 22.7 Å². The van der Waals surface area contributed by atoms with Crippen LogP contribution in [0.1, 0.15) is 40.9 Å². The van der Waals surface area contributed by atoms with Crippen LogP contribution in [0, 0.1) is 6.92 Å². The predicted molar refractivity (Wildman–Crippen MR) is 99.9 cm³/mol. The van der Waals surface area contributed by atoms with Gasteiger partial charge in [-0.1, -0.05) is 25.1 Å². The van der Waals surface area contributed by atoms with Crippen molar-refractivity contribution in [3.8, 4) is 0 Å². The molecule has 7 heteroatoms. The van der Waals surface area contributed by atoms with Crippen LogP contribution in [0.15, 0.2) is 40.6 Å². The van der Waals surface area contributed by atoms with Crippen LogP contribution in [-0.2, 0) is 21.2 Å². The highest BCUT2D eigenvalue weighted by Crippen LogP contribution is 2.46. The highest BCUT2D eigenvalue weighted by Gasteiger charge is 2.36. The monoisotopic (exact) mass is 387 g/mol. The van der Waals surface area contributed by atoms with E-state index in [0.29, 0.717) is 33.7 Å². The van der Waals surface area contributed by atoms with E-state index in [9.17, 15) is 22.7 Å². The minimum Gasteiger partial charge on any atom is -0.480 e. The van der Waals surface area contributed by atoms with E-state index in [0.717, 1.165) is 0 Å². The zero-order valence-electron chi connectivity index (χ0n) is 14.8. The predicted octanol–water partition coefficient (Wildman–Crippen LogP) is 3.53. The number of aromatic nitrogens is 1. The normalized spacial score (nSPS) is 22.3. The molecule has 2 heterocycles. The Balaban J connectivity index is 2.05. The fourth-order valence-corrected chi connectivity index (χ4v) is 5.46. The molecule has 1 N–H and O–H groups in total. The van der Waals surface area contributed by atoms with Crippen LogP contribution < -0.4 is 0 Å². The van der Waals surface area contributed by atoms with Gasteiger partial charge in [-0.2, -0.15) is 0 Å². The molecule has 1 aromatic heterocycles. The third-order valence-electron chi connectivity index (χ3n) is 5.29. The number of nitrogens with zero attached hydrogens (tertiary/aromatic N) is 1. The zero-order chi connectivity index (χ0) is 19.5. The lowest BCUT2D eigenvalue weighted by Crippen LogP contribution is -2.16. The van der Waals surface area contributed by atoms with Crippen molar-refractivity contribution in [2.75, 3.05) is 0 Å². The van der Waals surface area contributed by atoms with Gasteiger partial charge in [-0.25, -0.2) is 12.8 Å². The summed E-state index contributed by atoms with van der Waals surface area (Å²) in [5.41, 5.74) is 3.56. The van der Waals surface area contributed by atoms with E-state index in [2.05, 4.69) is 0 Å². The quantitative estimate of drug-likeness (QED) is 0.874. The second kappa shape index (κ2) is 5.92. The van der Waals surface area contributed by atoms with Gasteiger partial charge in [0.1, 0.15) is 12.7 Å². The van der Waals surface area contributed by atoms with Crippen LogP contribution >= 0.6 is 0 Å². The molecule has 0 amide bonds. The number of carboxylic acids is 1. The number of carboxylic acid groups (broad SMARTS) is 1. The van der Waals surface area contributed by atoms with Gasteiger partial charge in [0, 0.05) is 39.4 Å². The number of fused-ring (bicyclic) bond motifs is 2. The molecule has 0 spiro atoms. The molecule has 1 aliphatic carbocycles. The van der Waals surface area contributed by atoms with E-state index in [4.69, 9.17) is 0 Å². The lowest BCUT2D eigenvalue weighted by Gasteiger charge is -2.21. The molecular weight excluding hydrogens is 369 g/mol. The number of sulfone groups is 1. The summed E-state index contributed by atoms with van der Waals surface area (Å²) in [6, 6.07) is 6.69. The molecule has 0 fully saturated rings. The second-order valence-corrected chi connectivity index (χ2v) is 8.67. The van der Waals surface area contributed by atoms with E-state index in [1.54, 1.807) is 48.8 Å². The molecule has 2 unspecified atom stereocenters. The van der Waals surface area contributed by atoms with Crippen molar-refractivity contribution >= 4 is 27.5 Å². The fourth-order valence-electron chi connectivity index (χ4n) is 4.03. The number of allylic oxidation sites excluding steroid dienone is 1. The van der Waals surface area contributed by atoms with E-state index in [-0.39, 0.29) is 11.4 Å². The van der Waals surface area contributed by atoms with Crippen LogP contribution in [-0.4, -0.2) is 30.2 Å². The van der Waals surface area contributed by atoms with Crippen molar-refractivity contribution in [2.45, 2.75) is 37.4 Å². The molecule has 140 valence electrons. The third-order valence-corrected chi connectivity index (χ3v) is 6.81. The summed E-state index contributed by atoms with van der Waals surface area (Å²) < 4.78 is 41.2. The third kappa shape index (κ3) is 2.56. The Labute approximate surface area is 156 Å². The first-order valence-corrected chi connectivity index (χ1v) is 10.1. The van der Waals surface area contributed by atoms with E-state index in [1.807, 2.05) is 0 Å². The number of benzene rings is 1. The first-order valence-electron chi connectivity index (χ1n) is 8.56. The Hall–Kier alpha value is -2.67. The average molecular weight is 387 g/mol. The maximum atomic E-state index is 14.4. The second-order valence-electron chi connectivity index (χ2n) is 6.90. The van der Waals surface area contributed by atoms with Crippen LogP contribution in [0.5, 0.6) is 0 Å². The molecular formula is C20H18FNO4S. The maximum Gasteiger partial charge on any atom is 0.323 e. The lowest BCUT2D eigenvalue weighted by molar-refractivity contribution is -0.137. The standard InChI is InChI=1S/C20H18FNO4S/c1-11-15(21)7-8-16-19(11)20(12(2)22(16)9-18(23)24)14-10-27(25,26)17-6-4-3-5-13(14)17/h3-8,10-11,15H,9H2,1-2H3,(H,23,24). The molecule has 0 bridgehead atoms. The molecule has 1 aliphatic heterocycles. The zero-order valence-corrected chi connectivity index (χ0v) is 15.6. The van der Waals surface area contributed by atoms with Gasteiger partial charge in [0.25, 0.3) is 0 Å². The maximum absolute atomic E-state index is 14.4. The van der Waals surface area contributed by atoms with Crippen molar-refractivity contribution in [1.82, 2.24) is 4.57 Å². The number of rotatable bonds is 3. The van der Waals surface area contributed by atoms with Crippen molar-refractivity contribution in [3.63, 3.8) is 0 Å². The fraction of sp³-hybridized carbons (Fsp3) is 0.250. The summed E-state index contributed by atoms with van der Waals surface area (Å²) in [5, 5.41) is 10.5. The molecule has 2 atom stereocenters. The number of alkyl halides is 1. The molecule has 0 saturated heterocycles. The summed E-state index contributed by atoms with van der Waals surface area (Å²) in [4.78, 5) is 11.6. The molecule has 4 rings (SSSR count). The van der Waals surface area contributed by atoms with Gasteiger partial charge in [-0.15, -0.1) is 0 Å². The van der Waals surface area contributed by atoms with E-state index in [1.165, 1.54) is 11.5 Å². The highest BCUT2D eigenvalue weighted by molar-refractivity contribution is 7.95. The summed E-state index contributed by atoms with van der Waals surface area (Å²) in [5.74, 6) is -1.52. The minimum atomic E-state index is -3.59. The van der Waals surface area contributed by atoms with E-state index >= 15 is 0 Å². The number of carbonyl (C=O) groups is 1. The molecule has 1 aromatic carbocycles. The summed E-state index contributed by atoms with van der Waals surface area (Å²) in [7, 11) is -3.59. The summed E-state index contributed by atoms with van der Waals surface area (Å²) in [6.45, 7) is 3.21. The molecule has 27 heavy (non-hydrogen) atoms. The van der Waals surface area contributed by atoms with Gasteiger partial charge in [0.2, 0.25) is 9.84 Å². The molecule has 0 radical (unpaired) electrons. The highest BCUT2D eigenvalue weighted by atomic mass is 32.2. The summed E-state index contributed by atoms with van der Waals surface area (Å²) in [6.07, 6.45) is 1.79. The first kappa shape index (κ1) is 17.7. The Morgan fingerprint density at radius 2 is 2.00 bits per heavy atom. The van der Waals surface area contributed by atoms with Crippen LogP contribution in [0.4, 0.5) is 4.39 Å². The topological polar surface area (TPSA) is 76.4 Å². The van der Waals surface area contributed by atoms with Crippen LogP contribution in [0.3, 0.4) is 0 Å². The molecule has 0 saturated carbocycles. The number of halogens is 1. The van der Waals surface area contributed by atoms with Crippen LogP contribution in [0.2, 0.25) is 0 Å². The Kier molecular flexibility index (Phi) is 3.89. The van der Waals surface area contributed by atoms with Gasteiger partial charge < -0.3 is 9.67 Å². The lowest BCUT2D eigenvalue weighted by atomic mass is 9.84. The van der Waals surface area contributed by atoms with Gasteiger partial charge in [-0.3, -0.25) is 4.79 Å². The largest absolute Gasteiger partial charge is 0.480 e. The van der Waals surface area contributed by atoms with Gasteiger partial charge in [0.15, 0.2) is 0 Å². The molecule has 2 aromatic rings. The average Bonchev–Trinajstić information content (AvgIpc) is 3.03. The van der Waals surface area contributed by atoms with Gasteiger partial charge in [-0.05, 0) is 30.7 Å². The minimum absolute atomic E-state index is 0.218. The number of aliphatic carboxylic acids is 1. The van der Waals surface area contributed by atoms with Crippen LogP contribution in [0.25, 0.3) is 11.6 Å². The number of hydrogen-bond donors (Lipinski definition) is 1. The Morgan fingerprint density at radius 3 is 2.70 bits per heavy atom. The van der Waals surface area contributed by atoms with Gasteiger partial charge in [0.05, 0.1) is 4.90 Å². The summed E-state index contributed by atoms with van der Waals surface area (Å²) >= 11 is 0.